The molecule has 1 aromatic rings. The summed E-state index contributed by atoms with van der Waals surface area (Å²) in [6.45, 7) is 7.36. The van der Waals surface area contributed by atoms with Crippen LogP contribution < -0.4 is 5.32 Å². The summed E-state index contributed by atoms with van der Waals surface area (Å²) < 4.78 is 25.8. The molecule has 0 aromatic heterocycles. The van der Waals surface area contributed by atoms with Crippen LogP contribution in [0.4, 0.5) is 9.18 Å². The number of halogens is 1. The van der Waals surface area contributed by atoms with Gasteiger partial charge in [-0.2, -0.15) is 0 Å². The lowest BCUT2D eigenvalue weighted by Gasteiger charge is -2.34. The van der Waals surface area contributed by atoms with Gasteiger partial charge in [0.1, 0.15) is 23.1 Å². The fourth-order valence-electron chi connectivity index (χ4n) is 4.26. The molecule has 1 saturated heterocycles. The van der Waals surface area contributed by atoms with Gasteiger partial charge in [-0.05, 0) is 45.2 Å². The van der Waals surface area contributed by atoms with Crippen LogP contribution in [0, 0.1) is 11.7 Å². The molecule has 1 fully saturated rings. The van der Waals surface area contributed by atoms with Gasteiger partial charge in [-0.15, -0.1) is 0 Å². The van der Waals surface area contributed by atoms with Crippen LogP contribution in [0.25, 0.3) is 0 Å². The Morgan fingerprint density at radius 3 is 2.50 bits per heavy atom. The number of nitrogens with one attached hydrogen (secondary N) is 1. The molecule has 9 heteroatoms. The van der Waals surface area contributed by atoms with Crippen LogP contribution in [0.5, 0.6) is 0 Å². The van der Waals surface area contributed by atoms with Gasteiger partial charge in [0.05, 0.1) is 18.2 Å². The summed E-state index contributed by atoms with van der Waals surface area (Å²) in [6.07, 6.45) is -0.405. The summed E-state index contributed by atoms with van der Waals surface area (Å²) in [4.78, 5) is 36.8. The SMILES string of the molecule is CO[C@@H](C1CCCN1C(=O)O)[C@H](C)C(=C=O)N[C@@H](Cc1ccccc1F)C(=C=O)OC(C)(C)C. The van der Waals surface area contributed by atoms with Crippen molar-refractivity contribution in [3.63, 3.8) is 0 Å². The van der Waals surface area contributed by atoms with E-state index in [4.69, 9.17) is 9.47 Å². The minimum absolute atomic E-state index is 0.00750. The molecular formula is C25H33FN2O6. The normalized spacial score (nSPS) is 18.3. The summed E-state index contributed by atoms with van der Waals surface area (Å²) in [5.74, 6) is 2.49. The van der Waals surface area contributed by atoms with Crippen molar-refractivity contribution in [1.82, 2.24) is 10.2 Å². The third-order valence-corrected chi connectivity index (χ3v) is 5.80. The van der Waals surface area contributed by atoms with Crippen molar-refractivity contribution in [3.05, 3.63) is 47.1 Å². The number of hydrogen-bond acceptors (Lipinski definition) is 6. The summed E-state index contributed by atoms with van der Waals surface area (Å²) >= 11 is 0. The Morgan fingerprint density at radius 2 is 1.97 bits per heavy atom. The zero-order chi connectivity index (χ0) is 25.5. The minimum atomic E-state index is -1.05. The maximum atomic E-state index is 14.4. The number of nitrogens with zero attached hydrogens (tertiary/aromatic N) is 1. The number of hydrogen-bond donors (Lipinski definition) is 2. The van der Waals surface area contributed by atoms with Crippen molar-refractivity contribution in [1.29, 1.82) is 0 Å². The third-order valence-electron chi connectivity index (χ3n) is 5.80. The molecule has 0 saturated carbocycles. The van der Waals surface area contributed by atoms with Crippen LogP contribution in [-0.4, -0.2) is 65.4 Å². The zero-order valence-corrected chi connectivity index (χ0v) is 20.3. The second kappa shape index (κ2) is 11.8. The van der Waals surface area contributed by atoms with Crippen LogP contribution in [0.1, 0.15) is 46.1 Å². The smallest absolute Gasteiger partial charge is 0.407 e. The van der Waals surface area contributed by atoms with Crippen molar-refractivity contribution >= 4 is 18.0 Å². The highest BCUT2D eigenvalue weighted by Crippen LogP contribution is 2.29. The lowest BCUT2D eigenvalue weighted by Crippen LogP contribution is -2.48. The minimum Gasteiger partial charge on any atom is -0.479 e. The standard InChI is InChI=1S/C25H33FN2O6/c1-16(23(33-5)21-11-8-12-28(21)24(31)32)20(14-29)27-19(22(15-30)34-25(2,3)4)13-17-9-6-7-10-18(17)26/h6-7,9-10,16,19,21,23,27H,8,11-13H2,1-5H3,(H,31,32)/t16-,19+,21?,23-/m1/s1. The van der Waals surface area contributed by atoms with Gasteiger partial charge in [-0.1, -0.05) is 25.1 Å². The molecule has 1 aromatic carbocycles. The monoisotopic (exact) mass is 476 g/mol. The van der Waals surface area contributed by atoms with Crippen molar-refractivity contribution in [2.24, 2.45) is 5.92 Å². The van der Waals surface area contributed by atoms with E-state index in [1.54, 1.807) is 51.8 Å². The van der Waals surface area contributed by atoms with Crippen LogP contribution in [-0.2, 0) is 25.5 Å². The van der Waals surface area contributed by atoms with E-state index in [1.807, 2.05) is 5.94 Å². The van der Waals surface area contributed by atoms with E-state index < -0.39 is 41.6 Å². The van der Waals surface area contributed by atoms with Crippen LogP contribution in [0.15, 0.2) is 35.7 Å². The Kier molecular flexibility index (Phi) is 9.45. The lowest BCUT2D eigenvalue weighted by atomic mass is 9.92. The molecule has 0 radical (unpaired) electrons. The van der Waals surface area contributed by atoms with Gasteiger partial charge < -0.3 is 24.8 Å². The summed E-state index contributed by atoms with van der Waals surface area (Å²) in [5.41, 5.74) is -0.352. The Balaban J connectivity index is 2.36. The molecule has 1 unspecified atom stereocenters. The molecule has 2 rings (SSSR count). The van der Waals surface area contributed by atoms with Gasteiger partial charge in [0.15, 0.2) is 5.94 Å². The number of carbonyl (C=O) groups is 1. The van der Waals surface area contributed by atoms with Crippen molar-refractivity contribution < 1.29 is 33.4 Å². The summed E-state index contributed by atoms with van der Waals surface area (Å²) in [6, 6.07) is 4.76. The molecule has 0 spiro atoms. The van der Waals surface area contributed by atoms with Gasteiger partial charge in [0.2, 0.25) is 5.76 Å². The quantitative estimate of drug-likeness (QED) is 0.394. The zero-order valence-electron chi connectivity index (χ0n) is 20.3. The fourth-order valence-corrected chi connectivity index (χ4v) is 4.26. The van der Waals surface area contributed by atoms with E-state index in [0.29, 0.717) is 24.9 Å². The number of methoxy groups -OCH3 is 1. The Labute approximate surface area is 199 Å². The maximum Gasteiger partial charge on any atom is 0.407 e. The Bertz CT molecular complexity index is 962. The van der Waals surface area contributed by atoms with E-state index in [-0.39, 0.29) is 17.9 Å². The molecule has 1 aliphatic rings. The average Bonchev–Trinajstić information content (AvgIpc) is 3.26. The predicted molar refractivity (Wildman–Crippen MR) is 124 cm³/mol. The van der Waals surface area contributed by atoms with Crippen LogP contribution >= 0.6 is 0 Å². The number of benzene rings is 1. The average molecular weight is 477 g/mol. The molecular weight excluding hydrogens is 443 g/mol. The third kappa shape index (κ3) is 6.94. The van der Waals surface area contributed by atoms with Gasteiger partial charge in [-0.25, -0.2) is 18.8 Å². The molecule has 2 N–H and O–H groups in total. The molecule has 1 aliphatic heterocycles. The fraction of sp³-hybridized carbons (Fsp3) is 0.560. The number of rotatable bonds is 10. The molecule has 186 valence electrons. The topological polar surface area (TPSA) is 105 Å². The molecule has 1 heterocycles. The number of carboxylic acid groups (broad SMARTS) is 1. The predicted octanol–water partition coefficient (Wildman–Crippen LogP) is 3.37. The van der Waals surface area contributed by atoms with Crippen molar-refractivity contribution in [2.45, 2.75) is 70.7 Å². The Hall–Kier alpha value is -3.12. The Morgan fingerprint density at radius 1 is 1.29 bits per heavy atom. The van der Waals surface area contributed by atoms with Crippen LogP contribution in [0.2, 0.25) is 0 Å². The lowest BCUT2D eigenvalue weighted by molar-refractivity contribution is 0.00661. The van der Waals surface area contributed by atoms with E-state index in [0.717, 1.165) is 0 Å². The first-order valence-corrected chi connectivity index (χ1v) is 11.2. The summed E-state index contributed by atoms with van der Waals surface area (Å²) in [5, 5.41) is 12.5. The first-order chi connectivity index (χ1) is 16.0. The van der Waals surface area contributed by atoms with E-state index in [1.165, 1.54) is 18.1 Å². The van der Waals surface area contributed by atoms with Crippen molar-refractivity contribution in [3.8, 4) is 0 Å². The molecule has 1 amide bonds. The number of carbonyl (C=O) groups excluding carboxylic acids is 2. The highest BCUT2D eigenvalue weighted by Gasteiger charge is 2.39. The second-order valence-electron chi connectivity index (χ2n) is 9.36. The first-order valence-electron chi connectivity index (χ1n) is 11.2. The highest BCUT2D eigenvalue weighted by atomic mass is 19.1. The van der Waals surface area contributed by atoms with Gasteiger partial charge in [0, 0.05) is 26.0 Å². The second-order valence-corrected chi connectivity index (χ2v) is 9.36. The number of amides is 1. The van der Waals surface area contributed by atoms with Crippen LogP contribution in [0.3, 0.4) is 0 Å². The molecule has 4 atom stereocenters. The molecule has 0 aliphatic carbocycles. The van der Waals surface area contributed by atoms with Gasteiger partial charge in [0.25, 0.3) is 0 Å². The molecule has 8 nitrogen and oxygen atoms in total. The molecule has 34 heavy (non-hydrogen) atoms. The number of likely N-dealkylation sites (tertiary alicyclic amines) is 1. The molecule has 0 bridgehead atoms. The van der Waals surface area contributed by atoms with E-state index in [9.17, 15) is 23.9 Å². The van der Waals surface area contributed by atoms with E-state index >= 15 is 0 Å². The maximum absolute atomic E-state index is 14.4. The number of ether oxygens (including phenoxy) is 2. The van der Waals surface area contributed by atoms with Gasteiger partial charge in [-0.3, -0.25) is 0 Å². The van der Waals surface area contributed by atoms with Gasteiger partial charge >= 0.3 is 6.09 Å². The highest BCUT2D eigenvalue weighted by molar-refractivity contribution is 5.66. The largest absolute Gasteiger partial charge is 0.479 e. The van der Waals surface area contributed by atoms with E-state index in [2.05, 4.69) is 5.32 Å². The van der Waals surface area contributed by atoms with Crippen molar-refractivity contribution in [2.75, 3.05) is 13.7 Å². The summed E-state index contributed by atoms with van der Waals surface area (Å²) in [7, 11) is 1.46. The first kappa shape index (κ1) is 27.1.